The molecule has 0 bridgehead atoms. The number of imide groups is 1. The van der Waals surface area contributed by atoms with Crippen molar-refractivity contribution in [3.8, 4) is 12.1 Å². The first kappa shape index (κ1) is 18.8. The maximum Gasteiger partial charge on any atom is 0.250 e. The molecule has 2 aliphatic rings. The van der Waals surface area contributed by atoms with Gasteiger partial charge in [0.25, 0.3) is 0 Å². The smallest absolute Gasteiger partial charge is 0.250 e. The van der Waals surface area contributed by atoms with Gasteiger partial charge in [0.2, 0.25) is 11.8 Å². The lowest BCUT2D eigenvalue weighted by atomic mass is 9.46. The molecule has 0 saturated carbocycles. The van der Waals surface area contributed by atoms with Crippen LogP contribution in [0.1, 0.15) is 34.1 Å². The Morgan fingerprint density at radius 3 is 1.32 bits per heavy atom. The van der Waals surface area contributed by atoms with Gasteiger partial charge in [0.05, 0.1) is 12.1 Å². The van der Waals surface area contributed by atoms with Crippen LogP contribution in [0, 0.1) is 33.5 Å². The molecule has 148 valence electrons. The minimum absolute atomic E-state index is 0.715. The molecule has 1 fully saturated rings. The summed E-state index contributed by atoms with van der Waals surface area (Å²) in [6.45, 7) is 0. The summed E-state index contributed by atoms with van der Waals surface area (Å²) in [5, 5.41) is 23.4. The molecule has 5 heteroatoms. The second-order valence-corrected chi connectivity index (χ2v) is 7.94. The Labute approximate surface area is 179 Å². The molecule has 0 radical (unpaired) electrons. The van der Waals surface area contributed by atoms with Gasteiger partial charge in [0.15, 0.2) is 10.8 Å². The summed E-state index contributed by atoms with van der Waals surface area (Å²) in [4.78, 5) is 26.8. The van der Waals surface area contributed by atoms with Crippen LogP contribution >= 0.6 is 0 Å². The maximum absolute atomic E-state index is 13.4. The molecule has 3 aromatic carbocycles. The van der Waals surface area contributed by atoms with E-state index in [-0.39, 0.29) is 0 Å². The van der Waals surface area contributed by atoms with Crippen LogP contribution < -0.4 is 5.32 Å². The largest absolute Gasteiger partial charge is 0.293 e. The molecule has 0 aromatic heterocycles. The fraction of sp³-hybridized carbons (Fsp3) is 0.154. The predicted molar refractivity (Wildman–Crippen MR) is 112 cm³/mol. The second kappa shape index (κ2) is 6.65. The zero-order valence-electron chi connectivity index (χ0n) is 16.4. The van der Waals surface area contributed by atoms with Gasteiger partial charge in [-0.3, -0.25) is 14.9 Å². The van der Waals surface area contributed by atoms with Crippen LogP contribution in [0.15, 0.2) is 84.9 Å². The Bertz CT molecular complexity index is 1190. The topological polar surface area (TPSA) is 93.8 Å². The molecule has 1 saturated heterocycles. The molecule has 1 aliphatic heterocycles. The lowest BCUT2D eigenvalue weighted by Crippen LogP contribution is -2.54. The number of carbonyl (C=O) groups is 2. The van der Waals surface area contributed by atoms with E-state index in [0.717, 1.165) is 11.1 Å². The van der Waals surface area contributed by atoms with Gasteiger partial charge in [0.1, 0.15) is 0 Å². The summed E-state index contributed by atoms with van der Waals surface area (Å²) in [6.07, 6.45) is 0. The first-order valence-electron chi connectivity index (χ1n) is 9.99. The number of fused-ring (bicyclic) bond motifs is 2. The van der Waals surface area contributed by atoms with Crippen molar-refractivity contribution in [2.24, 2.45) is 10.8 Å². The number of benzene rings is 3. The molecule has 31 heavy (non-hydrogen) atoms. The van der Waals surface area contributed by atoms with Gasteiger partial charge in [-0.1, -0.05) is 84.9 Å². The Balaban J connectivity index is 1.97. The van der Waals surface area contributed by atoms with Crippen molar-refractivity contribution in [2.75, 3.05) is 0 Å². The van der Waals surface area contributed by atoms with Gasteiger partial charge in [0, 0.05) is 11.8 Å². The van der Waals surface area contributed by atoms with Gasteiger partial charge in [-0.05, 0) is 22.3 Å². The van der Waals surface area contributed by atoms with Gasteiger partial charge in [-0.25, -0.2) is 0 Å². The quantitative estimate of drug-likeness (QED) is 0.661. The highest BCUT2D eigenvalue weighted by atomic mass is 16.2. The molecule has 1 aliphatic carbocycles. The third kappa shape index (κ3) is 2.18. The average Bonchev–Trinajstić information content (AvgIpc) is 3.05. The van der Waals surface area contributed by atoms with Crippen LogP contribution in [0.2, 0.25) is 0 Å². The van der Waals surface area contributed by atoms with E-state index in [1.165, 1.54) is 0 Å². The summed E-state index contributed by atoms with van der Waals surface area (Å²) in [7, 11) is 0. The van der Waals surface area contributed by atoms with Crippen molar-refractivity contribution in [3.05, 3.63) is 107 Å². The van der Waals surface area contributed by atoms with Crippen LogP contribution in [0.5, 0.6) is 0 Å². The van der Waals surface area contributed by atoms with E-state index in [1.54, 1.807) is 0 Å². The van der Waals surface area contributed by atoms with Crippen molar-refractivity contribution in [2.45, 2.75) is 11.8 Å². The fourth-order valence-electron chi connectivity index (χ4n) is 5.44. The van der Waals surface area contributed by atoms with Gasteiger partial charge >= 0.3 is 0 Å². The molecule has 0 spiro atoms. The van der Waals surface area contributed by atoms with E-state index in [9.17, 15) is 20.1 Å². The van der Waals surface area contributed by atoms with Crippen LogP contribution in [-0.4, -0.2) is 11.8 Å². The Morgan fingerprint density at radius 1 is 0.613 bits per heavy atom. The number of nitrogens with one attached hydrogen (secondary N) is 1. The van der Waals surface area contributed by atoms with Crippen molar-refractivity contribution in [1.29, 1.82) is 10.5 Å². The third-order valence-electron chi connectivity index (χ3n) is 6.67. The van der Waals surface area contributed by atoms with E-state index in [4.69, 9.17) is 0 Å². The highest BCUT2D eigenvalue weighted by Crippen LogP contribution is 2.66. The number of hydrogen-bond acceptors (Lipinski definition) is 4. The Morgan fingerprint density at radius 2 is 0.968 bits per heavy atom. The average molecular weight is 403 g/mol. The van der Waals surface area contributed by atoms with Crippen molar-refractivity contribution >= 4 is 11.8 Å². The second-order valence-electron chi connectivity index (χ2n) is 7.94. The minimum atomic E-state index is -1.91. The SMILES string of the molecule is N#C[C@@]12C(=O)NC(=O)[C@]1(C#N)[C@H](c1ccccc1)c1ccccc1[C@@H]2c1ccccc1. The first-order chi connectivity index (χ1) is 15.1. The number of rotatable bonds is 2. The summed E-state index contributed by atoms with van der Waals surface area (Å²) in [6, 6.07) is 30.2. The van der Waals surface area contributed by atoms with E-state index >= 15 is 0 Å². The van der Waals surface area contributed by atoms with Crippen LogP contribution in [0.3, 0.4) is 0 Å². The molecular formula is C26H17N3O2. The van der Waals surface area contributed by atoms with E-state index in [1.807, 2.05) is 84.9 Å². The molecule has 2 amide bonds. The van der Waals surface area contributed by atoms with E-state index in [2.05, 4.69) is 17.5 Å². The molecule has 0 unspecified atom stereocenters. The number of nitrogens with zero attached hydrogens (tertiary/aromatic N) is 2. The van der Waals surface area contributed by atoms with Crippen LogP contribution in [-0.2, 0) is 9.59 Å². The highest BCUT2D eigenvalue weighted by molar-refractivity contribution is 6.15. The molecule has 3 aromatic rings. The Kier molecular flexibility index (Phi) is 4.03. The van der Waals surface area contributed by atoms with E-state index in [0.29, 0.717) is 11.1 Å². The van der Waals surface area contributed by atoms with Crippen LogP contribution in [0.4, 0.5) is 0 Å². The maximum atomic E-state index is 13.4. The lowest BCUT2D eigenvalue weighted by Gasteiger charge is -2.48. The van der Waals surface area contributed by atoms with Crippen molar-refractivity contribution < 1.29 is 9.59 Å². The molecule has 1 heterocycles. The summed E-state index contributed by atoms with van der Waals surface area (Å²) >= 11 is 0. The zero-order chi connectivity index (χ0) is 21.6. The first-order valence-corrected chi connectivity index (χ1v) is 9.99. The van der Waals surface area contributed by atoms with Crippen LogP contribution in [0.25, 0.3) is 0 Å². The molecule has 5 nitrogen and oxygen atoms in total. The predicted octanol–water partition coefficient (Wildman–Crippen LogP) is 3.64. The van der Waals surface area contributed by atoms with Gasteiger partial charge < -0.3 is 0 Å². The fourth-order valence-corrected chi connectivity index (χ4v) is 5.44. The summed E-state index contributed by atoms with van der Waals surface area (Å²) in [5.74, 6) is -2.96. The molecule has 1 N–H and O–H groups in total. The summed E-state index contributed by atoms with van der Waals surface area (Å²) < 4.78 is 0. The summed E-state index contributed by atoms with van der Waals surface area (Å²) in [5.41, 5.74) is -0.830. The van der Waals surface area contributed by atoms with Crippen molar-refractivity contribution in [1.82, 2.24) is 5.32 Å². The number of carbonyl (C=O) groups excluding carboxylic acids is 2. The lowest BCUT2D eigenvalue weighted by molar-refractivity contribution is -0.129. The monoisotopic (exact) mass is 403 g/mol. The molecule has 4 atom stereocenters. The number of amides is 2. The van der Waals surface area contributed by atoms with Crippen molar-refractivity contribution in [3.63, 3.8) is 0 Å². The van der Waals surface area contributed by atoms with Gasteiger partial charge in [-0.15, -0.1) is 0 Å². The normalized spacial score (nSPS) is 28.6. The number of hydrogen-bond donors (Lipinski definition) is 1. The molecule has 5 rings (SSSR count). The molecular weight excluding hydrogens is 386 g/mol. The number of nitriles is 2. The van der Waals surface area contributed by atoms with Gasteiger partial charge in [-0.2, -0.15) is 10.5 Å². The minimum Gasteiger partial charge on any atom is -0.293 e. The Hall–Kier alpha value is -4.22. The standard InChI is InChI=1S/C26H17N3O2/c27-15-25-21(17-9-3-1-4-10-17)19-13-7-8-14-20(19)22(18-11-5-2-6-12-18)26(25,16-28)24(31)29-23(25)30/h1-14,21-22H,(H,29,30,31)/t21-,22+,25+,26-. The highest BCUT2D eigenvalue weighted by Gasteiger charge is 2.76. The zero-order valence-corrected chi connectivity index (χ0v) is 16.4. The van der Waals surface area contributed by atoms with E-state index < -0.39 is 34.5 Å². The third-order valence-corrected chi connectivity index (χ3v) is 6.67.